The van der Waals surface area contributed by atoms with Gasteiger partial charge in [0.05, 0.1) is 12.2 Å². The van der Waals surface area contributed by atoms with Crippen molar-refractivity contribution in [2.75, 3.05) is 20.2 Å². The standard InChI is InChI=1S/C13H17ClN2O3/c1-16-5-2-3-10(16)4-6-19-12-11(14)7-9(8-15-12)13(17)18/h7-8,10H,2-6H2,1H3,(H,17,18). The summed E-state index contributed by atoms with van der Waals surface area (Å²) in [5.74, 6) is -0.749. The van der Waals surface area contributed by atoms with E-state index in [2.05, 4.69) is 16.9 Å². The quantitative estimate of drug-likeness (QED) is 0.899. The molecule has 0 aromatic carbocycles. The molecule has 1 unspecified atom stereocenters. The van der Waals surface area contributed by atoms with Crippen LogP contribution in [0.5, 0.6) is 5.88 Å². The first-order valence-electron chi connectivity index (χ1n) is 6.30. The Morgan fingerprint density at radius 1 is 1.68 bits per heavy atom. The van der Waals surface area contributed by atoms with Crippen molar-refractivity contribution in [1.29, 1.82) is 0 Å². The van der Waals surface area contributed by atoms with Crippen molar-refractivity contribution in [3.63, 3.8) is 0 Å². The van der Waals surface area contributed by atoms with Crippen LogP contribution in [-0.4, -0.2) is 47.2 Å². The van der Waals surface area contributed by atoms with E-state index in [1.807, 2.05) is 0 Å². The van der Waals surface area contributed by atoms with E-state index in [1.54, 1.807) is 0 Å². The Balaban J connectivity index is 1.87. The molecule has 0 saturated carbocycles. The Labute approximate surface area is 117 Å². The Hall–Kier alpha value is -1.33. The minimum Gasteiger partial charge on any atom is -0.478 e. The van der Waals surface area contributed by atoms with Crippen molar-refractivity contribution in [3.8, 4) is 5.88 Å². The first-order valence-corrected chi connectivity index (χ1v) is 6.67. The van der Waals surface area contributed by atoms with Gasteiger partial charge < -0.3 is 14.7 Å². The Morgan fingerprint density at radius 3 is 3.05 bits per heavy atom. The van der Waals surface area contributed by atoms with Crippen LogP contribution in [0, 0.1) is 0 Å². The van der Waals surface area contributed by atoms with Gasteiger partial charge in [0.2, 0.25) is 5.88 Å². The molecule has 104 valence electrons. The minimum atomic E-state index is -1.05. The zero-order chi connectivity index (χ0) is 13.8. The smallest absolute Gasteiger partial charge is 0.337 e. The van der Waals surface area contributed by atoms with Gasteiger partial charge in [0.1, 0.15) is 5.02 Å². The molecule has 2 heterocycles. The van der Waals surface area contributed by atoms with Gasteiger partial charge in [0.25, 0.3) is 0 Å². The van der Waals surface area contributed by atoms with E-state index in [1.165, 1.54) is 25.1 Å². The fourth-order valence-corrected chi connectivity index (χ4v) is 2.51. The van der Waals surface area contributed by atoms with Gasteiger partial charge in [-0.3, -0.25) is 0 Å². The molecule has 1 fully saturated rings. The number of halogens is 1. The summed E-state index contributed by atoms with van der Waals surface area (Å²) in [6.07, 6.45) is 4.60. The highest BCUT2D eigenvalue weighted by Crippen LogP contribution is 2.23. The highest BCUT2D eigenvalue weighted by atomic mass is 35.5. The summed E-state index contributed by atoms with van der Waals surface area (Å²) in [4.78, 5) is 17.0. The molecule has 0 radical (unpaired) electrons. The van der Waals surface area contributed by atoms with Gasteiger partial charge in [-0.2, -0.15) is 0 Å². The van der Waals surface area contributed by atoms with Crippen molar-refractivity contribution >= 4 is 17.6 Å². The Bertz CT molecular complexity index is 467. The van der Waals surface area contributed by atoms with Crippen LogP contribution in [0.2, 0.25) is 5.02 Å². The van der Waals surface area contributed by atoms with Crippen molar-refractivity contribution < 1.29 is 14.6 Å². The van der Waals surface area contributed by atoms with Crippen LogP contribution in [0.15, 0.2) is 12.3 Å². The normalized spacial score (nSPS) is 19.6. The highest BCUT2D eigenvalue weighted by Gasteiger charge is 2.20. The predicted octanol–water partition coefficient (Wildman–Crippen LogP) is 2.30. The van der Waals surface area contributed by atoms with E-state index < -0.39 is 5.97 Å². The number of hydrogen-bond donors (Lipinski definition) is 1. The number of carboxylic acids is 1. The highest BCUT2D eigenvalue weighted by molar-refractivity contribution is 6.32. The fourth-order valence-electron chi connectivity index (χ4n) is 2.28. The predicted molar refractivity (Wildman–Crippen MR) is 72.0 cm³/mol. The summed E-state index contributed by atoms with van der Waals surface area (Å²) in [6, 6.07) is 1.91. The van der Waals surface area contributed by atoms with Crippen LogP contribution in [0.3, 0.4) is 0 Å². The molecule has 0 spiro atoms. The third-order valence-corrected chi connectivity index (χ3v) is 3.69. The lowest BCUT2D eigenvalue weighted by Gasteiger charge is -2.19. The second-order valence-electron chi connectivity index (χ2n) is 4.73. The van der Waals surface area contributed by atoms with E-state index >= 15 is 0 Å². The molecular weight excluding hydrogens is 268 g/mol. The monoisotopic (exact) mass is 284 g/mol. The van der Waals surface area contributed by atoms with E-state index in [4.69, 9.17) is 21.4 Å². The van der Waals surface area contributed by atoms with Gasteiger partial charge >= 0.3 is 5.97 Å². The summed E-state index contributed by atoms with van der Waals surface area (Å²) in [6.45, 7) is 1.67. The number of carboxylic acid groups (broad SMARTS) is 1. The molecule has 1 atom stereocenters. The van der Waals surface area contributed by atoms with E-state index in [0.29, 0.717) is 18.5 Å². The van der Waals surface area contributed by atoms with Crippen molar-refractivity contribution in [1.82, 2.24) is 9.88 Å². The molecule has 6 heteroatoms. The van der Waals surface area contributed by atoms with Gasteiger partial charge in [0.15, 0.2) is 0 Å². The zero-order valence-corrected chi connectivity index (χ0v) is 11.6. The van der Waals surface area contributed by atoms with E-state index in [9.17, 15) is 4.79 Å². The molecule has 1 aliphatic rings. The summed E-state index contributed by atoms with van der Waals surface area (Å²) < 4.78 is 5.52. The molecule has 1 saturated heterocycles. The van der Waals surface area contributed by atoms with Crippen LogP contribution in [0.25, 0.3) is 0 Å². The lowest BCUT2D eigenvalue weighted by Crippen LogP contribution is -2.26. The largest absolute Gasteiger partial charge is 0.478 e. The van der Waals surface area contributed by atoms with Gasteiger partial charge in [0, 0.05) is 12.2 Å². The number of ether oxygens (including phenoxy) is 1. The number of rotatable bonds is 5. The maximum absolute atomic E-state index is 10.7. The molecule has 1 aliphatic heterocycles. The molecule has 2 rings (SSSR count). The van der Waals surface area contributed by atoms with Crippen molar-refractivity contribution in [2.45, 2.75) is 25.3 Å². The Morgan fingerprint density at radius 2 is 2.47 bits per heavy atom. The first-order chi connectivity index (χ1) is 9.08. The maximum Gasteiger partial charge on any atom is 0.337 e. The summed E-state index contributed by atoms with van der Waals surface area (Å²) >= 11 is 5.94. The average Bonchev–Trinajstić information content (AvgIpc) is 2.77. The minimum absolute atomic E-state index is 0.0628. The maximum atomic E-state index is 10.7. The number of aromatic carboxylic acids is 1. The fraction of sp³-hybridized carbons (Fsp3) is 0.538. The van der Waals surface area contributed by atoms with Gasteiger partial charge in [-0.15, -0.1) is 0 Å². The van der Waals surface area contributed by atoms with Crippen LogP contribution in [-0.2, 0) is 0 Å². The van der Waals surface area contributed by atoms with Crippen LogP contribution in [0.4, 0.5) is 0 Å². The third-order valence-electron chi connectivity index (χ3n) is 3.42. The topological polar surface area (TPSA) is 62.7 Å². The van der Waals surface area contributed by atoms with Crippen LogP contribution >= 0.6 is 11.6 Å². The van der Waals surface area contributed by atoms with Gasteiger partial charge in [-0.05, 0) is 38.9 Å². The van der Waals surface area contributed by atoms with E-state index in [-0.39, 0.29) is 10.6 Å². The van der Waals surface area contributed by atoms with Crippen LogP contribution in [0.1, 0.15) is 29.6 Å². The SMILES string of the molecule is CN1CCCC1CCOc1ncc(C(=O)O)cc1Cl. The second kappa shape index (κ2) is 6.21. The zero-order valence-electron chi connectivity index (χ0n) is 10.8. The van der Waals surface area contributed by atoms with E-state index in [0.717, 1.165) is 13.0 Å². The lowest BCUT2D eigenvalue weighted by atomic mass is 10.1. The molecule has 0 aliphatic carbocycles. The number of hydrogen-bond acceptors (Lipinski definition) is 4. The number of carbonyl (C=O) groups is 1. The van der Waals surface area contributed by atoms with Crippen molar-refractivity contribution in [3.05, 3.63) is 22.8 Å². The average molecular weight is 285 g/mol. The summed E-state index contributed by atoms with van der Waals surface area (Å²) in [5, 5.41) is 9.04. The second-order valence-corrected chi connectivity index (χ2v) is 5.14. The number of pyridine rings is 1. The summed E-state index contributed by atoms with van der Waals surface area (Å²) in [7, 11) is 2.12. The first kappa shape index (κ1) is 14.1. The summed E-state index contributed by atoms with van der Waals surface area (Å²) in [5.41, 5.74) is 0.0628. The molecule has 1 aromatic heterocycles. The number of aromatic nitrogens is 1. The number of likely N-dealkylation sites (tertiary alicyclic amines) is 1. The molecule has 1 N–H and O–H groups in total. The molecule has 0 bridgehead atoms. The van der Waals surface area contributed by atoms with Crippen LogP contribution < -0.4 is 4.74 Å². The lowest BCUT2D eigenvalue weighted by molar-refractivity contribution is 0.0696. The molecule has 19 heavy (non-hydrogen) atoms. The molecule has 0 amide bonds. The Kier molecular flexibility index (Phi) is 4.61. The molecular formula is C13H17ClN2O3. The molecule has 5 nitrogen and oxygen atoms in total. The third kappa shape index (κ3) is 3.58. The molecule has 1 aromatic rings. The number of nitrogens with zero attached hydrogens (tertiary/aromatic N) is 2. The van der Waals surface area contributed by atoms with Crippen molar-refractivity contribution in [2.24, 2.45) is 0 Å². The van der Waals surface area contributed by atoms with Gasteiger partial charge in [-0.1, -0.05) is 11.6 Å². The van der Waals surface area contributed by atoms with Gasteiger partial charge in [-0.25, -0.2) is 9.78 Å².